The third-order valence-corrected chi connectivity index (χ3v) is 11.2. The van der Waals surface area contributed by atoms with Gasteiger partial charge in [0.1, 0.15) is 0 Å². The van der Waals surface area contributed by atoms with Gasteiger partial charge in [0, 0.05) is 53.8 Å². The van der Waals surface area contributed by atoms with Crippen LogP contribution in [0, 0.1) is 11.8 Å². The van der Waals surface area contributed by atoms with Crippen LogP contribution in [0.1, 0.15) is 72.6 Å². The first-order valence-corrected chi connectivity index (χ1v) is 18.6. The second-order valence-corrected chi connectivity index (χ2v) is 15.7. The third kappa shape index (κ3) is 8.68. The van der Waals surface area contributed by atoms with E-state index in [0.29, 0.717) is 17.1 Å². The Bertz CT molecular complexity index is 1970. The van der Waals surface area contributed by atoms with E-state index in [1.807, 2.05) is 48.8 Å². The molecule has 6 rings (SSSR count). The van der Waals surface area contributed by atoms with Gasteiger partial charge in [-0.1, -0.05) is 107 Å². The Balaban J connectivity index is 1.12. The number of carboxylic acids is 1. The van der Waals surface area contributed by atoms with E-state index < -0.39 is 17.8 Å². The number of amides is 1. The highest BCUT2D eigenvalue weighted by Gasteiger charge is 2.39. The number of likely N-dealkylation sites (tertiary alicyclic amines) is 1. The van der Waals surface area contributed by atoms with Crippen LogP contribution in [0.5, 0.6) is 0 Å². The monoisotopic (exact) mass is 699 g/mol. The van der Waals surface area contributed by atoms with Crippen molar-refractivity contribution in [3.63, 3.8) is 0 Å². The maximum absolute atomic E-state index is 13.6. The number of rotatable bonds is 13. The van der Waals surface area contributed by atoms with Crippen molar-refractivity contribution in [2.45, 2.75) is 65.2 Å². The Kier molecular flexibility index (Phi) is 10.9. The summed E-state index contributed by atoms with van der Waals surface area (Å²) in [6, 6.07) is 28.9. The molecule has 5 aromatic rings. The minimum absolute atomic E-state index is 0.0653. The molecule has 3 aromatic carbocycles. The highest BCUT2D eigenvalue weighted by Crippen LogP contribution is 2.32. The molecular weight excluding hydrogens is 655 g/mol. The van der Waals surface area contributed by atoms with Crippen LogP contribution in [0.2, 0.25) is 0 Å². The summed E-state index contributed by atoms with van der Waals surface area (Å²) in [5.74, 6) is -1.70. The molecular formula is C43H45N3O4S. The highest BCUT2D eigenvalue weighted by atomic mass is 32.1. The number of aromatic nitrogens is 2. The predicted molar refractivity (Wildman–Crippen MR) is 204 cm³/mol. The van der Waals surface area contributed by atoms with Crippen LogP contribution in [0.25, 0.3) is 33.6 Å². The number of aryl methyl sites for hydroxylation is 1. The van der Waals surface area contributed by atoms with Crippen LogP contribution in [0.15, 0.2) is 97.3 Å². The van der Waals surface area contributed by atoms with Crippen molar-refractivity contribution in [3.05, 3.63) is 118 Å². The molecule has 1 saturated heterocycles. The smallest absolute Gasteiger partial charge is 0.310 e. The van der Waals surface area contributed by atoms with Gasteiger partial charge in [-0.05, 0) is 64.6 Å². The van der Waals surface area contributed by atoms with Gasteiger partial charge in [-0.25, -0.2) is 9.97 Å². The molecule has 1 aliphatic heterocycles. The number of benzene rings is 3. The normalized spacial score (nSPS) is 13.8. The number of thiophene rings is 1. The Hall–Kier alpha value is -4.95. The Morgan fingerprint density at radius 1 is 0.784 bits per heavy atom. The molecule has 8 heteroatoms. The zero-order valence-corrected chi connectivity index (χ0v) is 30.6. The molecule has 0 spiro atoms. The van der Waals surface area contributed by atoms with Crippen LogP contribution in [-0.4, -0.2) is 50.7 Å². The Labute approximate surface area is 304 Å². The Morgan fingerprint density at radius 3 is 1.88 bits per heavy atom. The van der Waals surface area contributed by atoms with Crippen LogP contribution >= 0.6 is 11.3 Å². The van der Waals surface area contributed by atoms with Crippen molar-refractivity contribution in [3.8, 4) is 33.6 Å². The second kappa shape index (κ2) is 15.5. The number of aliphatic carboxylic acids is 1. The van der Waals surface area contributed by atoms with Crippen LogP contribution in [0.4, 0.5) is 0 Å². The zero-order chi connectivity index (χ0) is 36.1. The molecule has 1 amide bonds. The summed E-state index contributed by atoms with van der Waals surface area (Å²) in [6.07, 6.45) is 7.63. The van der Waals surface area contributed by atoms with Crippen LogP contribution in [0.3, 0.4) is 0 Å². The van der Waals surface area contributed by atoms with Crippen molar-refractivity contribution in [1.82, 2.24) is 14.9 Å². The summed E-state index contributed by atoms with van der Waals surface area (Å²) in [5.41, 5.74) is 7.40. The predicted octanol–water partition coefficient (Wildman–Crippen LogP) is 9.15. The van der Waals surface area contributed by atoms with Crippen molar-refractivity contribution in [1.29, 1.82) is 0 Å². The van der Waals surface area contributed by atoms with Gasteiger partial charge in [-0.2, -0.15) is 0 Å². The number of ketones is 1. The maximum atomic E-state index is 13.6. The molecule has 0 saturated carbocycles. The quantitative estimate of drug-likeness (QED) is 0.123. The van der Waals surface area contributed by atoms with Crippen molar-refractivity contribution < 1.29 is 19.5 Å². The van der Waals surface area contributed by atoms with E-state index in [1.165, 1.54) is 40.9 Å². The molecule has 262 valence electrons. The van der Waals surface area contributed by atoms with Crippen LogP contribution in [-0.2, 0) is 27.8 Å². The van der Waals surface area contributed by atoms with Gasteiger partial charge in [0.2, 0.25) is 5.91 Å². The van der Waals surface area contributed by atoms with E-state index in [0.717, 1.165) is 33.6 Å². The standard InChI is InChI=1S/C43H45N3O4S/c1-5-6-7-28-8-12-30(13-9-28)31-16-18-32(19-17-31)35-24-44-40(45-25-35)33-14-10-29(11-15-33)22-34(41(48)46-26-36(27-46)42(49)50)23-37(47)38-20-21-39(51-38)43(2,3)4/h8-21,24-25,34,36H,5-7,22-23,26-27H2,1-4H3,(H,49,50)/t34-/m1/s1. The molecule has 51 heavy (non-hydrogen) atoms. The summed E-state index contributed by atoms with van der Waals surface area (Å²) < 4.78 is 0. The molecule has 0 aliphatic carbocycles. The number of hydrogen-bond acceptors (Lipinski definition) is 6. The van der Waals surface area contributed by atoms with E-state index >= 15 is 0 Å². The van der Waals surface area contributed by atoms with E-state index in [9.17, 15) is 19.5 Å². The van der Waals surface area contributed by atoms with Gasteiger partial charge in [-0.3, -0.25) is 14.4 Å². The summed E-state index contributed by atoms with van der Waals surface area (Å²) in [6.45, 7) is 8.90. The molecule has 1 N–H and O–H groups in total. The number of carbonyl (C=O) groups is 3. The van der Waals surface area contributed by atoms with E-state index in [2.05, 4.69) is 86.2 Å². The van der Waals surface area contributed by atoms with Crippen LogP contribution < -0.4 is 0 Å². The summed E-state index contributed by atoms with van der Waals surface area (Å²) in [7, 11) is 0. The van der Waals surface area contributed by atoms with Gasteiger partial charge >= 0.3 is 5.97 Å². The van der Waals surface area contributed by atoms with Gasteiger partial charge in [-0.15, -0.1) is 11.3 Å². The average Bonchev–Trinajstić information content (AvgIpc) is 3.62. The first-order chi connectivity index (χ1) is 24.5. The fourth-order valence-corrected chi connectivity index (χ4v) is 7.35. The number of hydrogen-bond donors (Lipinski definition) is 1. The molecule has 1 atom stereocenters. The first-order valence-electron chi connectivity index (χ1n) is 17.7. The Morgan fingerprint density at radius 2 is 1.33 bits per heavy atom. The number of carboxylic acid groups (broad SMARTS) is 1. The maximum Gasteiger partial charge on any atom is 0.310 e. The van der Waals surface area contributed by atoms with Gasteiger partial charge in [0.25, 0.3) is 0 Å². The lowest BCUT2D eigenvalue weighted by atomic mass is 9.89. The van der Waals surface area contributed by atoms with E-state index in [1.54, 1.807) is 4.90 Å². The van der Waals surface area contributed by atoms with Gasteiger partial charge < -0.3 is 10.0 Å². The lowest BCUT2D eigenvalue weighted by Crippen LogP contribution is -2.55. The third-order valence-electron chi connectivity index (χ3n) is 9.61. The average molecular weight is 700 g/mol. The van der Waals surface area contributed by atoms with Gasteiger partial charge in [0.15, 0.2) is 11.6 Å². The molecule has 1 fully saturated rings. The fraction of sp³-hybridized carbons (Fsp3) is 0.326. The highest BCUT2D eigenvalue weighted by molar-refractivity contribution is 7.14. The largest absolute Gasteiger partial charge is 0.481 e. The molecule has 7 nitrogen and oxygen atoms in total. The molecule has 1 aliphatic rings. The van der Waals surface area contributed by atoms with E-state index in [-0.39, 0.29) is 36.6 Å². The van der Waals surface area contributed by atoms with Crippen molar-refractivity contribution >= 4 is 29.0 Å². The number of carbonyl (C=O) groups excluding carboxylic acids is 2. The molecule has 2 aromatic heterocycles. The molecule has 0 unspecified atom stereocenters. The van der Waals surface area contributed by atoms with Crippen molar-refractivity contribution in [2.24, 2.45) is 11.8 Å². The summed E-state index contributed by atoms with van der Waals surface area (Å²) in [5, 5.41) is 9.34. The summed E-state index contributed by atoms with van der Waals surface area (Å²) in [4.78, 5) is 51.0. The summed E-state index contributed by atoms with van der Waals surface area (Å²) >= 11 is 1.48. The SMILES string of the molecule is CCCCc1ccc(-c2ccc(-c3cnc(-c4ccc(C[C@H](CC(=O)c5ccc(C(C)(C)C)s5)C(=O)N5CC(C(=O)O)C5)cc4)nc3)cc2)cc1. The lowest BCUT2D eigenvalue weighted by molar-refractivity contribution is -0.154. The number of nitrogens with zero attached hydrogens (tertiary/aromatic N) is 3. The van der Waals surface area contributed by atoms with Crippen molar-refractivity contribution in [2.75, 3.05) is 13.1 Å². The minimum Gasteiger partial charge on any atom is -0.481 e. The molecule has 0 bridgehead atoms. The van der Waals surface area contributed by atoms with Gasteiger partial charge in [0.05, 0.1) is 10.8 Å². The lowest BCUT2D eigenvalue weighted by Gasteiger charge is -2.38. The zero-order valence-electron chi connectivity index (χ0n) is 29.8. The second-order valence-electron chi connectivity index (χ2n) is 14.6. The minimum atomic E-state index is -0.900. The topological polar surface area (TPSA) is 100 Å². The first kappa shape index (κ1) is 35.9. The molecule has 0 radical (unpaired) electrons. The fourth-order valence-electron chi connectivity index (χ4n) is 6.34. The van der Waals surface area contributed by atoms with E-state index in [4.69, 9.17) is 0 Å². The molecule has 3 heterocycles. The number of unbranched alkanes of at least 4 members (excludes halogenated alkanes) is 1. The number of Topliss-reactive ketones (excluding diaryl/α,β-unsaturated/α-hetero) is 1.